The normalized spacial score (nSPS) is 16.1. The number of rotatable bonds is 7. The molecule has 0 radical (unpaired) electrons. The number of aliphatic imine (C=N–C) groups is 1. The number of carbonyl (C=O) groups is 1. The van der Waals surface area contributed by atoms with Crippen molar-refractivity contribution >= 4 is 41.5 Å². The van der Waals surface area contributed by atoms with Gasteiger partial charge in [0.15, 0.2) is 5.96 Å². The third-order valence-corrected chi connectivity index (χ3v) is 4.96. The maximum Gasteiger partial charge on any atom is 0.221 e. The highest BCUT2D eigenvalue weighted by molar-refractivity contribution is 14.0. The van der Waals surface area contributed by atoms with Crippen LogP contribution in [0.25, 0.3) is 0 Å². The van der Waals surface area contributed by atoms with E-state index in [0.29, 0.717) is 19.1 Å². The number of hydrogen-bond donors (Lipinski definition) is 2. The number of nitrogens with one attached hydrogen (secondary N) is 2. The lowest BCUT2D eigenvalue weighted by Crippen LogP contribution is -2.39. The fourth-order valence-electron chi connectivity index (χ4n) is 3.55. The van der Waals surface area contributed by atoms with Crippen LogP contribution in [0.2, 0.25) is 0 Å². The summed E-state index contributed by atoms with van der Waals surface area (Å²) in [5.74, 6) is 1.35. The van der Waals surface area contributed by atoms with Crippen molar-refractivity contribution in [1.82, 2.24) is 10.2 Å². The smallest absolute Gasteiger partial charge is 0.221 e. The van der Waals surface area contributed by atoms with E-state index in [0.717, 1.165) is 43.3 Å². The van der Waals surface area contributed by atoms with Gasteiger partial charge in [-0.25, -0.2) is 0 Å². The van der Waals surface area contributed by atoms with Crippen LogP contribution in [0.4, 0.5) is 5.69 Å². The van der Waals surface area contributed by atoms with E-state index in [1.54, 1.807) is 0 Å². The van der Waals surface area contributed by atoms with E-state index >= 15 is 0 Å². The van der Waals surface area contributed by atoms with Crippen molar-refractivity contribution in [1.29, 1.82) is 0 Å². The largest absolute Gasteiger partial charge is 0.376 e. The zero-order valence-electron chi connectivity index (χ0n) is 17.6. The van der Waals surface area contributed by atoms with E-state index in [1.807, 2.05) is 49.5 Å². The Morgan fingerprint density at radius 2 is 1.93 bits per heavy atom. The zero-order chi connectivity index (χ0) is 20.5. The monoisotopic (exact) mass is 522 g/mol. The molecule has 1 amide bonds. The van der Waals surface area contributed by atoms with Gasteiger partial charge < -0.3 is 20.3 Å². The molecule has 2 aromatic carbocycles. The van der Waals surface area contributed by atoms with Crippen LogP contribution in [0.5, 0.6) is 0 Å². The van der Waals surface area contributed by atoms with Crippen molar-refractivity contribution in [2.45, 2.75) is 26.5 Å². The van der Waals surface area contributed by atoms with E-state index < -0.39 is 0 Å². The lowest BCUT2D eigenvalue weighted by atomic mass is 10.1. The summed E-state index contributed by atoms with van der Waals surface area (Å²) in [4.78, 5) is 18.0. The maximum absolute atomic E-state index is 11.2. The first kappa shape index (κ1) is 24.1. The molecule has 0 bridgehead atoms. The number of guanidine groups is 1. The Bertz CT molecular complexity index is 829. The van der Waals surface area contributed by atoms with Crippen LogP contribution < -0.4 is 10.6 Å². The van der Waals surface area contributed by atoms with Crippen molar-refractivity contribution in [3.63, 3.8) is 0 Å². The Balaban J connectivity index is 0.00000320. The molecule has 0 aromatic heterocycles. The highest BCUT2D eigenvalue weighted by Gasteiger charge is 2.24. The number of amides is 1. The Morgan fingerprint density at radius 3 is 2.67 bits per heavy atom. The lowest BCUT2D eigenvalue weighted by molar-refractivity contribution is -0.114. The van der Waals surface area contributed by atoms with Crippen LogP contribution in [0.15, 0.2) is 59.6 Å². The molecule has 0 spiro atoms. The number of nitrogens with zero attached hydrogens (tertiary/aromatic N) is 2. The van der Waals surface area contributed by atoms with Gasteiger partial charge in [-0.15, -0.1) is 24.0 Å². The molecule has 1 unspecified atom stereocenters. The summed E-state index contributed by atoms with van der Waals surface area (Å²) >= 11 is 0. The molecule has 1 heterocycles. The van der Waals surface area contributed by atoms with Crippen molar-refractivity contribution in [2.24, 2.45) is 10.9 Å². The summed E-state index contributed by atoms with van der Waals surface area (Å²) in [6, 6.07) is 18.1. The average molecular weight is 522 g/mol. The third kappa shape index (κ3) is 7.60. The number of hydrogen-bond acceptors (Lipinski definition) is 3. The van der Waals surface area contributed by atoms with Crippen LogP contribution in [0.1, 0.15) is 24.5 Å². The number of halogens is 1. The number of carbonyl (C=O) groups excluding carboxylic acids is 1. The summed E-state index contributed by atoms with van der Waals surface area (Å²) in [5, 5.41) is 6.25. The van der Waals surface area contributed by atoms with Gasteiger partial charge in [-0.1, -0.05) is 42.5 Å². The molecule has 1 fully saturated rings. The van der Waals surface area contributed by atoms with Crippen LogP contribution in [-0.2, 0) is 22.7 Å². The summed E-state index contributed by atoms with van der Waals surface area (Å²) in [6.45, 7) is 5.52. The van der Waals surface area contributed by atoms with E-state index in [4.69, 9.17) is 4.74 Å². The second kappa shape index (κ2) is 12.5. The van der Waals surface area contributed by atoms with Gasteiger partial charge in [0, 0.05) is 45.2 Å². The van der Waals surface area contributed by atoms with Crippen LogP contribution in [0.3, 0.4) is 0 Å². The average Bonchev–Trinajstić information content (AvgIpc) is 3.18. The molecule has 1 atom stereocenters. The third-order valence-electron chi connectivity index (χ3n) is 4.96. The highest BCUT2D eigenvalue weighted by Crippen LogP contribution is 2.18. The molecule has 1 saturated heterocycles. The number of likely N-dealkylation sites (tertiary alicyclic amines) is 1. The van der Waals surface area contributed by atoms with E-state index in [1.165, 1.54) is 12.5 Å². The minimum atomic E-state index is -0.0662. The topological polar surface area (TPSA) is 66.0 Å². The van der Waals surface area contributed by atoms with Gasteiger partial charge >= 0.3 is 0 Å². The summed E-state index contributed by atoms with van der Waals surface area (Å²) in [6.07, 6.45) is 1.10. The molecule has 0 saturated carbocycles. The van der Waals surface area contributed by atoms with Gasteiger partial charge in [0.05, 0.1) is 13.2 Å². The SMILES string of the molecule is CN=C(NCc1cccc(NC(C)=O)c1)N1CCC(COCc2ccccc2)C1.I. The quantitative estimate of drug-likeness (QED) is 0.329. The van der Waals surface area contributed by atoms with Gasteiger partial charge in [-0.05, 0) is 29.7 Å². The molecule has 2 aromatic rings. The maximum atomic E-state index is 11.2. The first-order chi connectivity index (χ1) is 14.1. The Morgan fingerprint density at radius 1 is 1.17 bits per heavy atom. The molecule has 0 aliphatic carbocycles. The molecule has 162 valence electrons. The van der Waals surface area contributed by atoms with Gasteiger partial charge in [0.2, 0.25) is 5.91 Å². The van der Waals surface area contributed by atoms with Gasteiger partial charge in [0.25, 0.3) is 0 Å². The molecule has 7 heteroatoms. The summed E-state index contributed by atoms with van der Waals surface area (Å²) in [5.41, 5.74) is 3.12. The molecule has 1 aliphatic heterocycles. The Kier molecular flexibility index (Phi) is 10.1. The molecule has 30 heavy (non-hydrogen) atoms. The number of benzene rings is 2. The number of anilines is 1. The van der Waals surface area contributed by atoms with Gasteiger partial charge in [-0.2, -0.15) is 0 Å². The van der Waals surface area contributed by atoms with Crippen molar-refractivity contribution in [3.8, 4) is 0 Å². The standard InChI is InChI=1S/C23H30N4O2.HI/c1-18(28)26-22-10-6-9-20(13-22)14-25-23(24-2)27-12-11-21(15-27)17-29-16-19-7-4-3-5-8-19;/h3-10,13,21H,11-12,14-17H2,1-2H3,(H,24,25)(H,26,28);1H. The van der Waals surface area contributed by atoms with E-state index in [-0.39, 0.29) is 29.9 Å². The first-order valence-corrected chi connectivity index (χ1v) is 10.1. The minimum absolute atomic E-state index is 0. The predicted octanol–water partition coefficient (Wildman–Crippen LogP) is 3.88. The lowest BCUT2D eigenvalue weighted by Gasteiger charge is -2.22. The number of ether oxygens (including phenoxy) is 1. The fourth-order valence-corrected chi connectivity index (χ4v) is 3.55. The Hall–Kier alpha value is -2.13. The fraction of sp³-hybridized carbons (Fsp3) is 0.391. The summed E-state index contributed by atoms with van der Waals surface area (Å²) in [7, 11) is 1.81. The van der Waals surface area contributed by atoms with Crippen molar-refractivity contribution in [2.75, 3.05) is 32.1 Å². The van der Waals surface area contributed by atoms with E-state index in [2.05, 4.69) is 32.7 Å². The molecule has 1 aliphatic rings. The molecule has 2 N–H and O–H groups in total. The second-order valence-electron chi connectivity index (χ2n) is 7.38. The van der Waals surface area contributed by atoms with Crippen molar-refractivity contribution in [3.05, 3.63) is 65.7 Å². The molecular weight excluding hydrogens is 491 g/mol. The predicted molar refractivity (Wildman–Crippen MR) is 132 cm³/mol. The molecule has 3 rings (SSSR count). The Labute approximate surface area is 196 Å². The molecule has 6 nitrogen and oxygen atoms in total. The summed E-state index contributed by atoms with van der Waals surface area (Å²) < 4.78 is 5.92. The van der Waals surface area contributed by atoms with Crippen LogP contribution >= 0.6 is 24.0 Å². The van der Waals surface area contributed by atoms with Gasteiger partial charge in [-0.3, -0.25) is 9.79 Å². The van der Waals surface area contributed by atoms with Crippen LogP contribution in [-0.4, -0.2) is 43.5 Å². The highest BCUT2D eigenvalue weighted by atomic mass is 127. The van der Waals surface area contributed by atoms with Crippen molar-refractivity contribution < 1.29 is 9.53 Å². The first-order valence-electron chi connectivity index (χ1n) is 10.1. The van der Waals surface area contributed by atoms with Crippen LogP contribution in [0, 0.1) is 5.92 Å². The second-order valence-corrected chi connectivity index (χ2v) is 7.38. The van der Waals surface area contributed by atoms with Gasteiger partial charge in [0.1, 0.15) is 0 Å². The van der Waals surface area contributed by atoms with E-state index in [9.17, 15) is 4.79 Å². The zero-order valence-corrected chi connectivity index (χ0v) is 20.0. The minimum Gasteiger partial charge on any atom is -0.376 e. The molecular formula is C23H31IN4O2.